The lowest BCUT2D eigenvalue weighted by molar-refractivity contribution is -0.244. The Balaban J connectivity index is 1.74. The fourth-order valence-corrected chi connectivity index (χ4v) is 3.81. The summed E-state index contributed by atoms with van der Waals surface area (Å²) in [6, 6.07) is 4.59. The number of piperidine rings is 1. The van der Waals surface area contributed by atoms with E-state index in [0.29, 0.717) is 44.5 Å². The molecule has 2 atom stereocenters. The highest BCUT2D eigenvalue weighted by atomic mass is 19.1. The number of aliphatic hydroxyl groups is 2. The minimum atomic E-state index is -1.19. The number of nitrogens with zero attached hydrogens (tertiary/aromatic N) is 1. The second-order valence-electron chi connectivity index (χ2n) is 7.15. The Morgan fingerprint density at radius 2 is 2.00 bits per heavy atom. The second-order valence-corrected chi connectivity index (χ2v) is 7.15. The summed E-state index contributed by atoms with van der Waals surface area (Å²) < 4.78 is 19.8. The summed E-state index contributed by atoms with van der Waals surface area (Å²) in [7, 11) is 0. The van der Waals surface area contributed by atoms with Crippen molar-refractivity contribution in [3.8, 4) is 0 Å². The summed E-state index contributed by atoms with van der Waals surface area (Å²) in [5, 5.41) is 20.8. The van der Waals surface area contributed by atoms with Crippen molar-refractivity contribution in [3.63, 3.8) is 0 Å². The maximum atomic E-state index is 14.0. The molecule has 0 aromatic heterocycles. The van der Waals surface area contributed by atoms with Gasteiger partial charge in [0.25, 0.3) is 5.91 Å². The third kappa shape index (κ3) is 2.83. The van der Waals surface area contributed by atoms with E-state index in [0.717, 1.165) is 0 Å². The van der Waals surface area contributed by atoms with Crippen LogP contribution in [0.2, 0.25) is 0 Å². The van der Waals surface area contributed by atoms with Crippen LogP contribution in [0, 0.1) is 12.7 Å². The Hall–Kier alpha value is -1.50. The number of hydrogen-bond donors (Lipinski definition) is 2. The van der Waals surface area contributed by atoms with Crippen LogP contribution >= 0.6 is 0 Å². The van der Waals surface area contributed by atoms with Crippen molar-refractivity contribution in [2.45, 2.75) is 50.4 Å². The van der Waals surface area contributed by atoms with Crippen LogP contribution in [0.4, 0.5) is 4.39 Å². The zero-order chi connectivity index (χ0) is 17.5. The number of hydrogen-bond acceptors (Lipinski definition) is 4. The van der Waals surface area contributed by atoms with Gasteiger partial charge in [-0.2, -0.15) is 0 Å². The van der Waals surface area contributed by atoms with Crippen LogP contribution in [-0.2, 0) is 4.74 Å². The van der Waals surface area contributed by atoms with E-state index in [1.807, 2.05) is 0 Å². The Morgan fingerprint density at radius 1 is 1.33 bits per heavy atom. The predicted molar refractivity (Wildman–Crippen MR) is 86.2 cm³/mol. The normalized spacial score (nSPS) is 29.7. The van der Waals surface area contributed by atoms with Gasteiger partial charge in [-0.3, -0.25) is 4.79 Å². The Bertz CT molecular complexity index is 618. The summed E-state index contributed by atoms with van der Waals surface area (Å²) in [6.45, 7) is 4.43. The quantitative estimate of drug-likeness (QED) is 0.817. The van der Waals surface area contributed by atoms with Gasteiger partial charge in [0.05, 0.1) is 17.8 Å². The zero-order valence-electron chi connectivity index (χ0n) is 14.1. The van der Waals surface area contributed by atoms with Gasteiger partial charge in [-0.25, -0.2) is 4.39 Å². The molecular formula is C18H24FNO4. The van der Waals surface area contributed by atoms with Gasteiger partial charge in [-0.15, -0.1) is 0 Å². The summed E-state index contributed by atoms with van der Waals surface area (Å²) >= 11 is 0. The van der Waals surface area contributed by atoms with Gasteiger partial charge in [0.15, 0.2) is 0 Å². The van der Waals surface area contributed by atoms with E-state index in [4.69, 9.17) is 4.74 Å². The van der Waals surface area contributed by atoms with Crippen LogP contribution in [0.3, 0.4) is 0 Å². The molecule has 0 bridgehead atoms. The molecule has 2 aliphatic heterocycles. The molecule has 2 saturated heterocycles. The number of likely N-dealkylation sites (tertiary alicyclic amines) is 1. The number of carbonyl (C=O) groups excluding carboxylic acids is 1. The Kier molecular flexibility index (Phi) is 4.40. The number of rotatable bonds is 1. The van der Waals surface area contributed by atoms with Crippen molar-refractivity contribution in [2.24, 2.45) is 0 Å². The van der Waals surface area contributed by atoms with Crippen molar-refractivity contribution < 1.29 is 24.1 Å². The van der Waals surface area contributed by atoms with Crippen LogP contribution in [0.25, 0.3) is 0 Å². The average molecular weight is 337 g/mol. The van der Waals surface area contributed by atoms with Gasteiger partial charge in [0.1, 0.15) is 17.5 Å². The summed E-state index contributed by atoms with van der Waals surface area (Å²) in [5.41, 5.74) is -1.31. The number of benzene rings is 1. The lowest BCUT2D eigenvalue weighted by Gasteiger charge is -2.51. The van der Waals surface area contributed by atoms with Crippen molar-refractivity contribution in [3.05, 3.63) is 35.1 Å². The summed E-state index contributed by atoms with van der Waals surface area (Å²) in [5.74, 6) is -0.852. The van der Waals surface area contributed by atoms with E-state index in [2.05, 4.69) is 0 Å². The average Bonchev–Trinajstić information content (AvgIpc) is 2.53. The molecule has 3 rings (SSSR count). The predicted octanol–water partition coefficient (Wildman–Crippen LogP) is 1.64. The molecule has 24 heavy (non-hydrogen) atoms. The van der Waals surface area contributed by atoms with Gasteiger partial charge in [-0.1, -0.05) is 12.1 Å². The third-order valence-corrected chi connectivity index (χ3v) is 5.42. The third-order valence-electron chi connectivity index (χ3n) is 5.42. The number of aryl methyl sites for hydroxylation is 1. The smallest absolute Gasteiger partial charge is 0.257 e. The monoisotopic (exact) mass is 337 g/mol. The number of halogens is 1. The van der Waals surface area contributed by atoms with Crippen LogP contribution in [0.15, 0.2) is 18.2 Å². The van der Waals surface area contributed by atoms with Crippen LogP contribution in [0.1, 0.15) is 42.1 Å². The Morgan fingerprint density at radius 3 is 2.62 bits per heavy atom. The minimum absolute atomic E-state index is 0.102. The van der Waals surface area contributed by atoms with Crippen LogP contribution < -0.4 is 0 Å². The van der Waals surface area contributed by atoms with E-state index in [9.17, 15) is 19.4 Å². The molecule has 0 radical (unpaired) electrons. The van der Waals surface area contributed by atoms with Crippen molar-refractivity contribution in [1.82, 2.24) is 4.90 Å². The maximum Gasteiger partial charge on any atom is 0.257 e. The molecule has 2 heterocycles. The molecule has 2 aliphatic rings. The van der Waals surface area contributed by atoms with Gasteiger partial charge < -0.3 is 19.8 Å². The van der Waals surface area contributed by atoms with Gasteiger partial charge >= 0.3 is 0 Å². The maximum absolute atomic E-state index is 14.0. The van der Waals surface area contributed by atoms with Gasteiger partial charge in [0, 0.05) is 19.5 Å². The van der Waals surface area contributed by atoms with E-state index in [1.54, 1.807) is 30.9 Å². The first-order valence-electron chi connectivity index (χ1n) is 8.36. The van der Waals surface area contributed by atoms with Crippen molar-refractivity contribution in [2.75, 3.05) is 19.7 Å². The molecule has 1 aromatic carbocycles. The van der Waals surface area contributed by atoms with Crippen LogP contribution in [0.5, 0.6) is 0 Å². The minimum Gasteiger partial charge on any atom is -0.387 e. The van der Waals surface area contributed by atoms with Gasteiger partial charge in [-0.05, 0) is 38.3 Å². The number of amides is 1. The Labute approximate surface area is 141 Å². The molecular weight excluding hydrogens is 313 g/mol. The fourth-order valence-electron chi connectivity index (χ4n) is 3.81. The first-order valence-corrected chi connectivity index (χ1v) is 8.36. The van der Waals surface area contributed by atoms with Crippen molar-refractivity contribution >= 4 is 5.91 Å². The lowest BCUT2D eigenvalue weighted by atomic mass is 9.75. The molecule has 0 aliphatic carbocycles. The molecule has 2 fully saturated rings. The number of carbonyl (C=O) groups is 1. The molecule has 2 N–H and O–H groups in total. The molecule has 6 heteroatoms. The highest BCUT2D eigenvalue weighted by molar-refractivity contribution is 5.96. The molecule has 0 unspecified atom stereocenters. The highest BCUT2D eigenvalue weighted by Crippen LogP contribution is 2.40. The SMILES string of the molecule is Cc1cccc(F)c1C(=O)N1CCC2(CC1)OCC[C@@](C)(O)[C@@H]2O. The second kappa shape index (κ2) is 6.10. The summed E-state index contributed by atoms with van der Waals surface area (Å²) in [4.78, 5) is 14.2. The number of aliphatic hydroxyl groups excluding tert-OH is 1. The first kappa shape index (κ1) is 17.3. The fraction of sp³-hybridized carbons (Fsp3) is 0.611. The standard InChI is InChI=1S/C18H24FNO4/c1-12-4-3-5-13(19)14(12)15(21)20-9-6-18(7-10-20)16(22)17(2,23)8-11-24-18/h3-5,16,22-23H,6-11H2,1-2H3/t16-,17+/m0/s1. The largest absolute Gasteiger partial charge is 0.387 e. The first-order chi connectivity index (χ1) is 11.3. The molecule has 132 valence electrons. The van der Waals surface area contributed by atoms with Crippen molar-refractivity contribution in [1.29, 1.82) is 0 Å². The van der Waals surface area contributed by atoms with E-state index < -0.39 is 23.1 Å². The van der Waals surface area contributed by atoms with Gasteiger partial charge in [0.2, 0.25) is 0 Å². The molecule has 0 saturated carbocycles. The van der Waals surface area contributed by atoms with E-state index >= 15 is 0 Å². The molecule has 1 aromatic rings. The molecule has 5 nitrogen and oxygen atoms in total. The highest BCUT2D eigenvalue weighted by Gasteiger charge is 2.53. The topological polar surface area (TPSA) is 70.0 Å². The summed E-state index contributed by atoms with van der Waals surface area (Å²) in [6.07, 6.45) is 0.228. The molecule has 1 amide bonds. The zero-order valence-corrected chi connectivity index (χ0v) is 14.1. The molecule has 1 spiro atoms. The van der Waals surface area contributed by atoms with E-state index in [1.165, 1.54) is 6.07 Å². The number of ether oxygens (including phenoxy) is 1. The lowest BCUT2D eigenvalue weighted by Crippen LogP contribution is -2.64. The van der Waals surface area contributed by atoms with E-state index in [-0.39, 0.29) is 11.5 Å². The van der Waals surface area contributed by atoms with Crippen LogP contribution in [-0.4, -0.2) is 58.0 Å².